The van der Waals surface area contributed by atoms with Crippen molar-refractivity contribution in [2.45, 2.75) is 32.1 Å². The van der Waals surface area contributed by atoms with Crippen molar-refractivity contribution >= 4 is 27.0 Å². The molecule has 126 valence electrons. The maximum absolute atomic E-state index is 12.7. The van der Waals surface area contributed by atoms with E-state index in [1.165, 1.54) is 11.3 Å². The SMILES string of the molecule is CCc1cccc(NS(=O)(=O)c2cc(-c3cc(C)[nH]n3)sc2C)c1. The van der Waals surface area contributed by atoms with Gasteiger partial charge in [0.1, 0.15) is 10.6 Å². The number of aromatic nitrogens is 2. The fourth-order valence-corrected chi connectivity index (χ4v) is 5.07. The molecule has 0 atom stereocenters. The predicted molar refractivity (Wildman–Crippen MR) is 98.0 cm³/mol. The normalized spacial score (nSPS) is 11.6. The number of aromatic amines is 1. The predicted octanol–water partition coefficient (Wildman–Crippen LogP) is 4.12. The quantitative estimate of drug-likeness (QED) is 0.718. The van der Waals surface area contributed by atoms with Gasteiger partial charge in [0.25, 0.3) is 10.0 Å². The molecule has 0 unspecified atom stereocenters. The highest BCUT2D eigenvalue weighted by Gasteiger charge is 2.21. The minimum Gasteiger partial charge on any atom is -0.282 e. The van der Waals surface area contributed by atoms with E-state index in [-0.39, 0.29) is 0 Å². The van der Waals surface area contributed by atoms with Crippen LogP contribution in [0.15, 0.2) is 41.3 Å². The summed E-state index contributed by atoms with van der Waals surface area (Å²) in [6.45, 7) is 5.76. The number of H-pyrrole nitrogens is 1. The summed E-state index contributed by atoms with van der Waals surface area (Å²) in [6, 6.07) is 11.0. The van der Waals surface area contributed by atoms with Crippen molar-refractivity contribution in [2.24, 2.45) is 0 Å². The van der Waals surface area contributed by atoms with Crippen LogP contribution in [0.5, 0.6) is 0 Å². The summed E-state index contributed by atoms with van der Waals surface area (Å²) in [5.41, 5.74) is 3.37. The Balaban J connectivity index is 1.93. The minimum atomic E-state index is -3.63. The van der Waals surface area contributed by atoms with E-state index in [1.54, 1.807) is 12.1 Å². The third kappa shape index (κ3) is 3.37. The Hall–Kier alpha value is -2.12. The zero-order chi connectivity index (χ0) is 17.3. The number of nitrogens with one attached hydrogen (secondary N) is 2. The first-order valence-electron chi connectivity index (χ1n) is 7.63. The van der Waals surface area contributed by atoms with E-state index >= 15 is 0 Å². The minimum absolute atomic E-state index is 0.296. The third-order valence-corrected chi connectivity index (χ3v) is 6.42. The van der Waals surface area contributed by atoms with Gasteiger partial charge in [-0.25, -0.2) is 8.42 Å². The Bertz CT molecular complexity index is 971. The van der Waals surface area contributed by atoms with E-state index in [0.29, 0.717) is 10.6 Å². The molecule has 5 nitrogen and oxygen atoms in total. The molecule has 0 spiro atoms. The third-order valence-electron chi connectivity index (χ3n) is 3.71. The molecule has 0 aliphatic heterocycles. The largest absolute Gasteiger partial charge is 0.282 e. The first-order chi connectivity index (χ1) is 11.4. The Morgan fingerprint density at radius 3 is 2.67 bits per heavy atom. The Morgan fingerprint density at radius 2 is 2.00 bits per heavy atom. The lowest BCUT2D eigenvalue weighted by molar-refractivity contribution is 0.601. The average molecular weight is 361 g/mol. The summed E-state index contributed by atoms with van der Waals surface area (Å²) < 4.78 is 28.1. The Kier molecular flexibility index (Phi) is 4.47. The van der Waals surface area contributed by atoms with Crippen molar-refractivity contribution in [3.8, 4) is 10.6 Å². The van der Waals surface area contributed by atoms with Gasteiger partial charge in [0.2, 0.25) is 0 Å². The van der Waals surface area contributed by atoms with Crippen LogP contribution < -0.4 is 4.72 Å². The lowest BCUT2D eigenvalue weighted by Gasteiger charge is -2.08. The molecule has 0 saturated carbocycles. The zero-order valence-electron chi connectivity index (χ0n) is 13.8. The summed E-state index contributed by atoms with van der Waals surface area (Å²) in [5.74, 6) is 0. The highest BCUT2D eigenvalue weighted by molar-refractivity contribution is 7.93. The summed E-state index contributed by atoms with van der Waals surface area (Å²) in [6.07, 6.45) is 0.857. The van der Waals surface area contributed by atoms with E-state index in [2.05, 4.69) is 14.9 Å². The van der Waals surface area contributed by atoms with Crippen molar-refractivity contribution in [1.82, 2.24) is 10.2 Å². The Morgan fingerprint density at radius 1 is 1.21 bits per heavy atom. The molecule has 0 radical (unpaired) electrons. The highest BCUT2D eigenvalue weighted by atomic mass is 32.2. The van der Waals surface area contributed by atoms with E-state index in [1.807, 2.05) is 45.0 Å². The van der Waals surface area contributed by atoms with Gasteiger partial charge in [-0.05, 0) is 50.1 Å². The fraction of sp³-hybridized carbons (Fsp3) is 0.235. The second-order valence-electron chi connectivity index (χ2n) is 5.63. The van der Waals surface area contributed by atoms with Crippen molar-refractivity contribution in [3.63, 3.8) is 0 Å². The molecule has 2 aromatic heterocycles. The topological polar surface area (TPSA) is 74.8 Å². The van der Waals surface area contributed by atoms with E-state index in [9.17, 15) is 8.42 Å². The van der Waals surface area contributed by atoms with E-state index in [4.69, 9.17) is 0 Å². The van der Waals surface area contributed by atoms with Crippen LogP contribution in [-0.2, 0) is 16.4 Å². The van der Waals surface area contributed by atoms with Crippen LogP contribution in [0.1, 0.15) is 23.1 Å². The van der Waals surface area contributed by atoms with Gasteiger partial charge in [0, 0.05) is 16.3 Å². The lowest BCUT2D eigenvalue weighted by atomic mass is 10.1. The van der Waals surface area contributed by atoms with Crippen LogP contribution in [0.3, 0.4) is 0 Å². The van der Waals surface area contributed by atoms with Crippen LogP contribution in [0.2, 0.25) is 0 Å². The van der Waals surface area contributed by atoms with Gasteiger partial charge in [0.05, 0.1) is 4.88 Å². The first kappa shape index (κ1) is 16.7. The lowest BCUT2D eigenvalue weighted by Crippen LogP contribution is -2.13. The first-order valence-corrected chi connectivity index (χ1v) is 9.93. The van der Waals surface area contributed by atoms with Crippen LogP contribution in [0.4, 0.5) is 5.69 Å². The molecular weight excluding hydrogens is 342 g/mol. The number of hydrogen-bond donors (Lipinski definition) is 2. The second kappa shape index (κ2) is 6.41. The van der Waals surface area contributed by atoms with Crippen LogP contribution >= 0.6 is 11.3 Å². The van der Waals surface area contributed by atoms with Gasteiger partial charge >= 0.3 is 0 Å². The van der Waals surface area contributed by atoms with Crippen molar-refractivity contribution in [2.75, 3.05) is 4.72 Å². The highest BCUT2D eigenvalue weighted by Crippen LogP contribution is 2.33. The van der Waals surface area contributed by atoms with Gasteiger partial charge < -0.3 is 0 Å². The maximum Gasteiger partial charge on any atom is 0.263 e. The zero-order valence-corrected chi connectivity index (χ0v) is 15.4. The van der Waals surface area contributed by atoms with Crippen molar-refractivity contribution in [3.05, 3.63) is 52.5 Å². The van der Waals surface area contributed by atoms with Crippen LogP contribution in [0, 0.1) is 13.8 Å². The van der Waals surface area contributed by atoms with Crippen molar-refractivity contribution < 1.29 is 8.42 Å². The number of benzene rings is 1. The summed E-state index contributed by atoms with van der Waals surface area (Å²) in [5, 5.41) is 7.08. The van der Waals surface area contributed by atoms with Gasteiger partial charge in [-0.3, -0.25) is 9.82 Å². The summed E-state index contributed by atoms with van der Waals surface area (Å²) in [7, 11) is -3.63. The number of thiophene rings is 1. The fourth-order valence-electron chi connectivity index (χ4n) is 2.47. The van der Waals surface area contributed by atoms with Gasteiger partial charge in [-0.1, -0.05) is 19.1 Å². The van der Waals surface area contributed by atoms with Gasteiger partial charge in [0.15, 0.2) is 0 Å². The molecule has 0 amide bonds. The Labute approximate surface area is 145 Å². The molecule has 2 heterocycles. The molecule has 3 aromatic rings. The van der Waals surface area contributed by atoms with Crippen LogP contribution in [0.25, 0.3) is 10.6 Å². The molecule has 0 aliphatic carbocycles. The number of anilines is 1. The van der Waals surface area contributed by atoms with Gasteiger partial charge in [-0.15, -0.1) is 11.3 Å². The number of nitrogens with zero attached hydrogens (tertiary/aromatic N) is 1. The smallest absolute Gasteiger partial charge is 0.263 e. The monoisotopic (exact) mass is 361 g/mol. The maximum atomic E-state index is 12.7. The van der Waals surface area contributed by atoms with Crippen molar-refractivity contribution in [1.29, 1.82) is 0 Å². The molecule has 0 aliphatic rings. The molecule has 0 saturated heterocycles. The standard InChI is InChI=1S/C17H19N3O2S2/c1-4-13-6-5-7-14(9-13)20-24(21,22)17-10-16(23-12(17)3)15-8-11(2)18-19-15/h5-10,20H,4H2,1-3H3,(H,18,19). The molecule has 7 heteroatoms. The number of sulfonamides is 1. The summed E-state index contributed by atoms with van der Waals surface area (Å²) >= 11 is 1.42. The molecule has 0 fully saturated rings. The van der Waals surface area contributed by atoms with E-state index < -0.39 is 10.0 Å². The second-order valence-corrected chi connectivity index (χ2v) is 8.53. The average Bonchev–Trinajstić information content (AvgIpc) is 3.13. The molecule has 2 N–H and O–H groups in total. The number of rotatable bonds is 5. The molecular formula is C17H19N3O2S2. The molecule has 3 rings (SSSR count). The summed E-state index contributed by atoms with van der Waals surface area (Å²) in [4.78, 5) is 1.87. The molecule has 0 bridgehead atoms. The van der Waals surface area contributed by atoms with E-state index in [0.717, 1.165) is 33.1 Å². The molecule has 24 heavy (non-hydrogen) atoms. The van der Waals surface area contributed by atoms with Crippen LogP contribution in [-0.4, -0.2) is 18.6 Å². The number of hydrogen-bond acceptors (Lipinski definition) is 4. The van der Waals surface area contributed by atoms with Gasteiger partial charge in [-0.2, -0.15) is 5.10 Å². The molecule has 1 aromatic carbocycles. The number of aryl methyl sites for hydroxylation is 3.